The largest absolute Gasteiger partial charge is 0.497 e. The van der Waals surface area contributed by atoms with Crippen LogP contribution in [0.1, 0.15) is 50.3 Å². The Hall–Kier alpha value is -2.60. The summed E-state index contributed by atoms with van der Waals surface area (Å²) in [5.41, 5.74) is 4.09. The van der Waals surface area contributed by atoms with Gasteiger partial charge in [0.2, 0.25) is 5.91 Å². The Bertz CT molecular complexity index is 896. The molecule has 1 aliphatic rings. The second kappa shape index (κ2) is 9.94. The summed E-state index contributed by atoms with van der Waals surface area (Å²) >= 11 is 5.62. The molecular weight excluding hydrogens is 394 g/mol. The minimum atomic E-state index is 0.0981. The number of amides is 1. The van der Waals surface area contributed by atoms with Gasteiger partial charge in [0, 0.05) is 24.3 Å². The standard InChI is InChI=1S/C24H31N3O2S/c1-16(2)14-21(18-8-11-20(29-4)12-9-18)26-24(30)25-19-10-7-17(3)22(15-19)27-13-5-6-23(27)28/h7-12,15-16,21H,5-6,13-14H2,1-4H3,(H2,25,26,30)/t21-/m1/s1. The van der Waals surface area contributed by atoms with Crippen molar-refractivity contribution in [3.8, 4) is 5.75 Å². The van der Waals surface area contributed by atoms with E-state index in [1.54, 1.807) is 7.11 Å². The number of nitrogens with one attached hydrogen (secondary N) is 2. The molecule has 1 aliphatic heterocycles. The van der Waals surface area contributed by atoms with Gasteiger partial charge in [-0.25, -0.2) is 0 Å². The van der Waals surface area contributed by atoms with Gasteiger partial charge in [-0.3, -0.25) is 4.79 Å². The molecule has 2 aromatic rings. The van der Waals surface area contributed by atoms with E-state index in [1.807, 2.05) is 42.2 Å². The molecule has 30 heavy (non-hydrogen) atoms. The summed E-state index contributed by atoms with van der Waals surface area (Å²) in [4.78, 5) is 14.0. The smallest absolute Gasteiger partial charge is 0.227 e. The van der Waals surface area contributed by atoms with Gasteiger partial charge in [-0.05, 0) is 73.3 Å². The summed E-state index contributed by atoms with van der Waals surface area (Å²) in [6.07, 6.45) is 2.49. The first-order valence-electron chi connectivity index (χ1n) is 10.5. The summed E-state index contributed by atoms with van der Waals surface area (Å²) in [5.74, 6) is 1.54. The summed E-state index contributed by atoms with van der Waals surface area (Å²) in [7, 11) is 1.67. The van der Waals surface area contributed by atoms with Crippen molar-refractivity contribution in [2.45, 2.75) is 46.1 Å². The van der Waals surface area contributed by atoms with E-state index in [1.165, 1.54) is 5.56 Å². The average Bonchev–Trinajstić information content (AvgIpc) is 3.14. The molecule has 6 heteroatoms. The SMILES string of the molecule is COc1ccc([C@@H](CC(C)C)NC(=S)Nc2ccc(C)c(N3CCCC3=O)c2)cc1. The van der Waals surface area contributed by atoms with Gasteiger partial charge in [0.25, 0.3) is 0 Å². The van der Waals surface area contributed by atoms with Crippen molar-refractivity contribution < 1.29 is 9.53 Å². The number of hydrogen-bond acceptors (Lipinski definition) is 3. The Morgan fingerprint density at radius 3 is 2.53 bits per heavy atom. The molecule has 0 aliphatic carbocycles. The predicted octanol–water partition coefficient (Wildman–Crippen LogP) is 5.20. The number of benzene rings is 2. The van der Waals surface area contributed by atoms with Crippen LogP contribution >= 0.6 is 12.2 Å². The normalized spacial score (nSPS) is 14.7. The molecular formula is C24H31N3O2S. The lowest BCUT2D eigenvalue weighted by atomic mass is 9.97. The van der Waals surface area contributed by atoms with E-state index < -0.39 is 0 Å². The van der Waals surface area contributed by atoms with Crippen molar-refractivity contribution >= 4 is 34.6 Å². The fourth-order valence-corrected chi connectivity index (χ4v) is 4.05. The zero-order chi connectivity index (χ0) is 21.7. The van der Waals surface area contributed by atoms with Crippen LogP contribution in [0.3, 0.4) is 0 Å². The van der Waals surface area contributed by atoms with E-state index in [4.69, 9.17) is 17.0 Å². The lowest BCUT2D eigenvalue weighted by Crippen LogP contribution is -2.33. The number of anilines is 2. The third kappa shape index (κ3) is 5.51. The second-order valence-corrected chi connectivity index (χ2v) is 8.61. The van der Waals surface area contributed by atoms with Gasteiger partial charge in [-0.15, -0.1) is 0 Å². The fraction of sp³-hybridized carbons (Fsp3) is 0.417. The fourth-order valence-electron chi connectivity index (χ4n) is 3.79. The molecule has 0 radical (unpaired) electrons. The maximum absolute atomic E-state index is 12.2. The Morgan fingerprint density at radius 1 is 1.20 bits per heavy atom. The molecule has 0 unspecified atom stereocenters. The number of carbonyl (C=O) groups is 1. The molecule has 0 saturated carbocycles. The van der Waals surface area contributed by atoms with Crippen molar-refractivity contribution in [3.63, 3.8) is 0 Å². The van der Waals surface area contributed by atoms with Gasteiger partial charge in [-0.1, -0.05) is 32.0 Å². The van der Waals surface area contributed by atoms with Crippen LogP contribution in [0.25, 0.3) is 0 Å². The number of ether oxygens (including phenoxy) is 1. The molecule has 2 aromatic carbocycles. The highest BCUT2D eigenvalue weighted by atomic mass is 32.1. The van der Waals surface area contributed by atoms with Gasteiger partial charge < -0.3 is 20.3 Å². The molecule has 5 nitrogen and oxygen atoms in total. The number of rotatable bonds is 7. The van der Waals surface area contributed by atoms with Crippen LogP contribution in [0.5, 0.6) is 5.75 Å². The van der Waals surface area contributed by atoms with Gasteiger partial charge >= 0.3 is 0 Å². The number of methoxy groups -OCH3 is 1. The summed E-state index contributed by atoms with van der Waals surface area (Å²) < 4.78 is 5.27. The first-order valence-corrected chi connectivity index (χ1v) is 10.9. The zero-order valence-corrected chi connectivity index (χ0v) is 19.0. The number of hydrogen-bond donors (Lipinski definition) is 2. The third-order valence-corrected chi connectivity index (χ3v) is 5.58. The molecule has 160 valence electrons. The molecule has 1 amide bonds. The van der Waals surface area contributed by atoms with E-state index in [2.05, 4.69) is 36.6 Å². The van der Waals surface area contributed by atoms with Crippen molar-refractivity contribution in [2.75, 3.05) is 23.9 Å². The van der Waals surface area contributed by atoms with Crippen molar-refractivity contribution in [2.24, 2.45) is 5.92 Å². The summed E-state index contributed by atoms with van der Waals surface area (Å²) in [5, 5.41) is 7.33. The highest BCUT2D eigenvalue weighted by Crippen LogP contribution is 2.29. The maximum Gasteiger partial charge on any atom is 0.227 e. The Morgan fingerprint density at radius 2 is 1.93 bits per heavy atom. The zero-order valence-electron chi connectivity index (χ0n) is 18.2. The van der Waals surface area contributed by atoms with E-state index >= 15 is 0 Å². The van der Waals surface area contributed by atoms with E-state index in [-0.39, 0.29) is 11.9 Å². The van der Waals surface area contributed by atoms with Crippen molar-refractivity contribution in [1.82, 2.24) is 5.32 Å². The number of carbonyl (C=O) groups excluding carboxylic acids is 1. The third-order valence-electron chi connectivity index (χ3n) is 5.36. The first-order chi connectivity index (χ1) is 14.4. The van der Waals surface area contributed by atoms with Crippen LogP contribution in [-0.4, -0.2) is 24.7 Å². The van der Waals surface area contributed by atoms with E-state index in [0.29, 0.717) is 17.5 Å². The van der Waals surface area contributed by atoms with Crippen LogP contribution in [0, 0.1) is 12.8 Å². The van der Waals surface area contributed by atoms with Crippen LogP contribution in [0.2, 0.25) is 0 Å². The molecule has 1 fully saturated rings. The van der Waals surface area contributed by atoms with Gasteiger partial charge in [0.15, 0.2) is 5.11 Å². The Balaban J connectivity index is 1.72. The highest BCUT2D eigenvalue weighted by Gasteiger charge is 2.23. The quantitative estimate of drug-likeness (QED) is 0.597. The Kier molecular flexibility index (Phi) is 7.32. The maximum atomic E-state index is 12.2. The Labute approximate surface area is 184 Å². The average molecular weight is 426 g/mol. The molecule has 0 spiro atoms. The summed E-state index contributed by atoms with van der Waals surface area (Å²) in [6.45, 7) is 7.21. The number of nitrogens with zero attached hydrogens (tertiary/aromatic N) is 1. The van der Waals surface area contributed by atoms with Crippen LogP contribution in [0.15, 0.2) is 42.5 Å². The molecule has 1 heterocycles. The summed E-state index contributed by atoms with van der Waals surface area (Å²) in [6, 6.07) is 14.2. The molecule has 0 aromatic heterocycles. The highest BCUT2D eigenvalue weighted by molar-refractivity contribution is 7.80. The number of aryl methyl sites for hydroxylation is 1. The van der Waals surface area contributed by atoms with Crippen LogP contribution in [0.4, 0.5) is 11.4 Å². The first kappa shape index (κ1) is 22.1. The minimum absolute atomic E-state index is 0.0981. The lowest BCUT2D eigenvalue weighted by Gasteiger charge is -2.24. The van der Waals surface area contributed by atoms with Crippen molar-refractivity contribution in [1.29, 1.82) is 0 Å². The van der Waals surface area contributed by atoms with Crippen LogP contribution in [-0.2, 0) is 4.79 Å². The predicted molar refractivity (Wildman–Crippen MR) is 127 cm³/mol. The van der Waals surface area contributed by atoms with Crippen molar-refractivity contribution in [3.05, 3.63) is 53.6 Å². The molecule has 3 rings (SSSR count). The topological polar surface area (TPSA) is 53.6 Å². The van der Waals surface area contributed by atoms with E-state index in [9.17, 15) is 4.79 Å². The monoisotopic (exact) mass is 425 g/mol. The molecule has 1 saturated heterocycles. The number of thiocarbonyl (C=S) groups is 1. The molecule has 0 bridgehead atoms. The van der Waals surface area contributed by atoms with E-state index in [0.717, 1.165) is 42.1 Å². The van der Waals surface area contributed by atoms with Gasteiger partial charge in [0.05, 0.1) is 13.2 Å². The van der Waals surface area contributed by atoms with Gasteiger partial charge in [-0.2, -0.15) is 0 Å². The minimum Gasteiger partial charge on any atom is -0.497 e. The van der Waals surface area contributed by atoms with Crippen LogP contribution < -0.4 is 20.3 Å². The molecule has 1 atom stereocenters. The lowest BCUT2D eigenvalue weighted by molar-refractivity contribution is -0.117. The molecule has 2 N–H and O–H groups in total. The van der Waals surface area contributed by atoms with Gasteiger partial charge in [0.1, 0.15) is 5.75 Å². The second-order valence-electron chi connectivity index (χ2n) is 8.20.